The van der Waals surface area contributed by atoms with Crippen LogP contribution in [0.5, 0.6) is 0 Å². The van der Waals surface area contributed by atoms with Gasteiger partial charge in [-0.3, -0.25) is 4.98 Å². The molecule has 2 rings (SSSR count). The number of aromatic nitrogens is 1. The van der Waals surface area contributed by atoms with Gasteiger partial charge in [-0.15, -0.1) is 11.6 Å². The Morgan fingerprint density at radius 3 is 2.93 bits per heavy atom. The summed E-state index contributed by atoms with van der Waals surface area (Å²) in [5.74, 6) is 0.775. The number of nitrogens with zero attached hydrogens (tertiary/aromatic N) is 1. The van der Waals surface area contributed by atoms with Crippen LogP contribution in [-0.4, -0.2) is 17.4 Å². The zero-order chi connectivity index (χ0) is 10.7. The van der Waals surface area contributed by atoms with Gasteiger partial charge in [-0.2, -0.15) is 0 Å². The average molecular weight is 225 g/mol. The molecule has 0 bridgehead atoms. The predicted molar refractivity (Wildman–Crippen MR) is 64.5 cm³/mol. The van der Waals surface area contributed by atoms with Gasteiger partial charge in [-0.25, -0.2) is 0 Å². The van der Waals surface area contributed by atoms with E-state index in [1.54, 1.807) is 0 Å². The predicted octanol–water partition coefficient (Wildman–Crippen LogP) is 3.21. The number of halogens is 1. The molecule has 82 valence electrons. The van der Waals surface area contributed by atoms with Crippen LogP contribution in [0.2, 0.25) is 0 Å². The lowest BCUT2D eigenvalue weighted by molar-refractivity contribution is 0.524. The SMILES string of the molecule is Cc1cc(NCC2(CCCl)CC2)ccn1. The van der Waals surface area contributed by atoms with Crippen molar-refractivity contribution in [3.63, 3.8) is 0 Å². The highest BCUT2D eigenvalue weighted by Crippen LogP contribution is 2.48. The maximum Gasteiger partial charge on any atom is 0.0393 e. The fourth-order valence-corrected chi connectivity index (χ4v) is 2.24. The lowest BCUT2D eigenvalue weighted by Gasteiger charge is -2.15. The zero-order valence-corrected chi connectivity index (χ0v) is 9.85. The number of hydrogen-bond acceptors (Lipinski definition) is 2. The van der Waals surface area contributed by atoms with E-state index in [1.165, 1.54) is 18.5 Å². The van der Waals surface area contributed by atoms with Crippen LogP contribution in [0.4, 0.5) is 5.69 Å². The molecule has 1 aliphatic carbocycles. The monoisotopic (exact) mass is 224 g/mol. The summed E-state index contributed by atoms with van der Waals surface area (Å²) >= 11 is 5.80. The van der Waals surface area contributed by atoms with Gasteiger partial charge < -0.3 is 5.32 Å². The second-order valence-corrected chi connectivity index (χ2v) is 4.86. The highest BCUT2D eigenvalue weighted by molar-refractivity contribution is 6.17. The van der Waals surface area contributed by atoms with Crippen molar-refractivity contribution in [3.8, 4) is 0 Å². The number of hydrogen-bond donors (Lipinski definition) is 1. The Labute approximate surface area is 96.1 Å². The fourth-order valence-electron chi connectivity index (χ4n) is 1.84. The highest BCUT2D eigenvalue weighted by Gasteiger charge is 2.41. The first-order valence-electron chi connectivity index (χ1n) is 5.47. The largest absolute Gasteiger partial charge is 0.384 e. The van der Waals surface area contributed by atoms with Crippen LogP contribution in [0.15, 0.2) is 18.3 Å². The minimum absolute atomic E-state index is 0.485. The summed E-state index contributed by atoms with van der Waals surface area (Å²) in [6.07, 6.45) is 5.61. The van der Waals surface area contributed by atoms with Gasteiger partial charge in [0.15, 0.2) is 0 Å². The Balaban J connectivity index is 1.88. The fraction of sp³-hybridized carbons (Fsp3) is 0.583. The molecule has 1 aromatic rings. The molecule has 15 heavy (non-hydrogen) atoms. The third-order valence-electron chi connectivity index (χ3n) is 3.15. The quantitative estimate of drug-likeness (QED) is 0.777. The van der Waals surface area contributed by atoms with E-state index in [0.29, 0.717) is 5.41 Å². The van der Waals surface area contributed by atoms with Gasteiger partial charge in [0.1, 0.15) is 0 Å². The van der Waals surface area contributed by atoms with E-state index in [4.69, 9.17) is 11.6 Å². The van der Waals surface area contributed by atoms with Crippen LogP contribution in [0.1, 0.15) is 25.0 Å². The van der Waals surface area contributed by atoms with E-state index in [9.17, 15) is 0 Å². The maximum absolute atomic E-state index is 5.80. The van der Waals surface area contributed by atoms with Crippen LogP contribution in [0.3, 0.4) is 0 Å². The normalized spacial score (nSPS) is 17.5. The number of aryl methyl sites for hydroxylation is 1. The smallest absolute Gasteiger partial charge is 0.0393 e. The van der Waals surface area contributed by atoms with E-state index in [1.807, 2.05) is 19.2 Å². The molecule has 1 aromatic heterocycles. The van der Waals surface area contributed by atoms with E-state index in [2.05, 4.69) is 16.4 Å². The van der Waals surface area contributed by atoms with Crippen LogP contribution in [-0.2, 0) is 0 Å². The minimum atomic E-state index is 0.485. The molecule has 0 radical (unpaired) electrons. The van der Waals surface area contributed by atoms with Gasteiger partial charge in [0.2, 0.25) is 0 Å². The van der Waals surface area contributed by atoms with Crippen molar-refractivity contribution in [2.24, 2.45) is 5.41 Å². The van der Waals surface area contributed by atoms with E-state index in [0.717, 1.165) is 24.5 Å². The molecule has 0 unspecified atom stereocenters. The zero-order valence-electron chi connectivity index (χ0n) is 9.09. The molecule has 0 amide bonds. The summed E-state index contributed by atoms with van der Waals surface area (Å²) in [5.41, 5.74) is 2.71. The number of pyridine rings is 1. The first-order valence-corrected chi connectivity index (χ1v) is 6.00. The summed E-state index contributed by atoms with van der Waals surface area (Å²) in [6, 6.07) is 4.10. The van der Waals surface area contributed by atoms with Crippen molar-refractivity contribution in [2.45, 2.75) is 26.2 Å². The molecular formula is C12H17ClN2. The lowest BCUT2D eigenvalue weighted by Crippen LogP contribution is -2.16. The van der Waals surface area contributed by atoms with E-state index < -0.39 is 0 Å². The number of nitrogens with one attached hydrogen (secondary N) is 1. The maximum atomic E-state index is 5.80. The average Bonchev–Trinajstić information content (AvgIpc) is 2.97. The first-order chi connectivity index (χ1) is 7.24. The second kappa shape index (κ2) is 4.40. The summed E-state index contributed by atoms with van der Waals surface area (Å²) in [5, 5.41) is 3.47. The Hall–Kier alpha value is -0.760. The van der Waals surface area contributed by atoms with Crippen molar-refractivity contribution in [2.75, 3.05) is 17.7 Å². The standard InChI is InChI=1S/C12H17ClN2/c1-10-8-11(2-7-14-10)15-9-12(3-4-12)5-6-13/h2,7-8H,3-6,9H2,1H3,(H,14,15). The van der Waals surface area contributed by atoms with Crippen molar-refractivity contribution < 1.29 is 0 Å². The van der Waals surface area contributed by atoms with Crippen LogP contribution < -0.4 is 5.32 Å². The first kappa shape index (κ1) is 10.7. The molecule has 1 heterocycles. The topological polar surface area (TPSA) is 24.9 Å². The molecular weight excluding hydrogens is 208 g/mol. The van der Waals surface area contributed by atoms with Crippen molar-refractivity contribution in [1.82, 2.24) is 4.98 Å². The molecule has 0 aliphatic heterocycles. The Morgan fingerprint density at radius 2 is 2.33 bits per heavy atom. The van der Waals surface area contributed by atoms with Crippen molar-refractivity contribution >= 4 is 17.3 Å². The Bertz CT molecular complexity index is 334. The summed E-state index contributed by atoms with van der Waals surface area (Å²) in [4.78, 5) is 4.18. The lowest BCUT2D eigenvalue weighted by atomic mass is 10.0. The highest BCUT2D eigenvalue weighted by atomic mass is 35.5. The molecule has 3 heteroatoms. The second-order valence-electron chi connectivity index (χ2n) is 4.48. The van der Waals surface area contributed by atoms with Gasteiger partial charge >= 0.3 is 0 Å². The molecule has 1 saturated carbocycles. The van der Waals surface area contributed by atoms with Gasteiger partial charge in [0.25, 0.3) is 0 Å². The molecule has 2 nitrogen and oxygen atoms in total. The summed E-state index contributed by atoms with van der Waals surface area (Å²) in [6.45, 7) is 3.06. The molecule has 0 saturated heterocycles. The van der Waals surface area contributed by atoms with Crippen molar-refractivity contribution in [3.05, 3.63) is 24.0 Å². The van der Waals surface area contributed by atoms with Crippen LogP contribution >= 0.6 is 11.6 Å². The Morgan fingerprint density at radius 1 is 1.53 bits per heavy atom. The summed E-state index contributed by atoms with van der Waals surface area (Å²) < 4.78 is 0. The molecule has 0 aromatic carbocycles. The number of anilines is 1. The van der Waals surface area contributed by atoms with E-state index in [-0.39, 0.29) is 0 Å². The molecule has 1 aliphatic rings. The van der Waals surface area contributed by atoms with Crippen LogP contribution in [0, 0.1) is 12.3 Å². The Kier molecular flexibility index (Phi) is 3.15. The van der Waals surface area contributed by atoms with Gasteiger partial charge in [0.05, 0.1) is 0 Å². The van der Waals surface area contributed by atoms with E-state index >= 15 is 0 Å². The third kappa shape index (κ3) is 2.85. The number of alkyl halides is 1. The van der Waals surface area contributed by atoms with Gasteiger partial charge in [0, 0.05) is 30.0 Å². The number of rotatable bonds is 5. The molecule has 1 N–H and O–H groups in total. The molecule has 0 spiro atoms. The third-order valence-corrected chi connectivity index (χ3v) is 3.34. The minimum Gasteiger partial charge on any atom is -0.384 e. The van der Waals surface area contributed by atoms with Gasteiger partial charge in [-0.1, -0.05) is 0 Å². The molecule has 0 atom stereocenters. The summed E-state index contributed by atoms with van der Waals surface area (Å²) in [7, 11) is 0. The van der Waals surface area contributed by atoms with Gasteiger partial charge in [-0.05, 0) is 43.7 Å². The molecule has 1 fully saturated rings. The van der Waals surface area contributed by atoms with Crippen molar-refractivity contribution in [1.29, 1.82) is 0 Å². The van der Waals surface area contributed by atoms with Crippen LogP contribution in [0.25, 0.3) is 0 Å².